The summed E-state index contributed by atoms with van der Waals surface area (Å²) >= 11 is 0. The number of carbonyl (C=O) groups is 1. The summed E-state index contributed by atoms with van der Waals surface area (Å²) in [5.74, 6) is 0.820. The van der Waals surface area contributed by atoms with Crippen molar-refractivity contribution in [3.05, 3.63) is 30.1 Å². The summed E-state index contributed by atoms with van der Waals surface area (Å²) in [6.07, 6.45) is 15.0. The van der Waals surface area contributed by atoms with Crippen LogP contribution in [0.3, 0.4) is 0 Å². The maximum Gasteiger partial charge on any atom is 0.317 e. The van der Waals surface area contributed by atoms with E-state index in [1.54, 1.807) is 12.4 Å². The van der Waals surface area contributed by atoms with Crippen molar-refractivity contribution in [1.29, 1.82) is 0 Å². The number of unbranched alkanes of at least 4 members (excludes halogenated alkanes) is 2. The number of carbonyl (C=O) groups excluding carboxylic acids is 1. The number of urea groups is 1. The molecule has 0 unspecified atom stereocenters. The minimum absolute atomic E-state index is 0.0822. The Morgan fingerprint density at radius 3 is 2.62 bits per heavy atom. The van der Waals surface area contributed by atoms with Gasteiger partial charge in [-0.25, -0.2) is 4.79 Å². The summed E-state index contributed by atoms with van der Waals surface area (Å²) in [5, 5.41) is 3.07. The van der Waals surface area contributed by atoms with Crippen LogP contribution in [0.2, 0.25) is 0 Å². The molecule has 0 spiro atoms. The second kappa shape index (κ2) is 11.1. The average molecular weight is 332 g/mol. The standard InChI is InChI=1S/C20H33N3O/c1-2-3-7-15-23(16-12-18-8-5-4-6-9-18)20(24)22-17-19-10-13-21-14-11-19/h10-11,13-14,18H,2-9,12,15-17H2,1H3,(H,22,24). The highest BCUT2D eigenvalue weighted by molar-refractivity contribution is 5.74. The summed E-state index contributed by atoms with van der Waals surface area (Å²) < 4.78 is 0. The van der Waals surface area contributed by atoms with E-state index in [9.17, 15) is 4.79 Å². The van der Waals surface area contributed by atoms with Gasteiger partial charge in [0.1, 0.15) is 0 Å². The van der Waals surface area contributed by atoms with E-state index < -0.39 is 0 Å². The van der Waals surface area contributed by atoms with Crippen LogP contribution in [-0.2, 0) is 6.54 Å². The topological polar surface area (TPSA) is 45.2 Å². The molecule has 4 heteroatoms. The molecular formula is C20H33N3O. The first-order valence-corrected chi connectivity index (χ1v) is 9.71. The number of hydrogen-bond acceptors (Lipinski definition) is 2. The molecule has 1 fully saturated rings. The molecule has 1 aliphatic rings. The van der Waals surface area contributed by atoms with Gasteiger partial charge in [0.25, 0.3) is 0 Å². The smallest absolute Gasteiger partial charge is 0.317 e. The fraction of sp³-hybridized carbons (Fsp3) is 0.700. The largest absolute Gasteiger partial charge is 0.334 e. The summed E-state index contributed by atoms with van der Waals surface area (Å²) in [4.78, 5) is 18.6. The quantitative estimate of drug-likeness (QED) is 0.663. The molecule has 1 aliphatic carbocycles. The molecule has 0 atom stereocenters. The molecule has 0 saturated heterocycles. The molecule has 1 heterocycles. The highest BCUT2D eigenvalue weighted by Gasteiger charge is 2.17. The van der Waals surface area contributed by atoms with Crippen LogP contribution in [0.5, 0.6) is 0 Å². The Labute approximate surface area is 147 Å². The Morgan fingerprint density at radius 2 is 1.92 bits per heavy atom. The normalized spacial score (nSPS) is 15.2. The third-order valence-electron chi connectivity index (χ3n) is 5.04. The van der Waals surface area contributed by atoms with Gasteiger partial charge in [-0.05, 0) is 36.5 Å². The van der Waals surface area contributed by atoms with Crippen molar-refractivity contribution in [2.75, 3.05) is 13.1 Å². The van der Waals surface area contributed by atoms with E-state index in [0.29, 0.717) is 6.54 Å². The van der Waals surface area contributed by atoms with Crippen molar-refractivity contribution in [2.45, 2.75) is 71.3 Å². The van der Waals surface area contributed by atoms with Crippen LogP contribution in [0.1, 0.15) is 70.3 Å². The molecule has 2 rings (SSSR count). The Morgan fingerprint density at radius 1 is 1.17 bits per heavy atom. The molecule has 24 heavy (non-hydrogen) atoms. The van der Waals surface area contributed by atoms with E-state index in [1.165, 1.54) is 44.9 Å². The van der Waals surface area contributed by atoms with E-state index >= 15 is 0 Å². The van der Waals surface area contributed by atoms with Crippen molar-refractivity contribution >= 4 is 6.03 Å². The Kier molecular flexibility index (Phi) is 8.64. The molecule has 134 valence electrons. The Bertz CT molecular complexity index is 457. The fourth-order valence-corrected chi connectivity index (χ4v) is 3.47. The van der Waals surface area contributed by atoms with Crippen LogP contribution < -0.4 is 5.32 Å². The van der Waals surface area contributed by atoms with Crippen molar-refractivity contribution in [3.63, 3.8) is 0 Å². The third-order valence-corrected chi connectivity index (χ3v) is 5.04. The van der Waals surface area contributed by atoms with Gasteiger partial charge in [0.15, 0.2) is 0 Å². The van der Waals surface area contributed by atoms with E-state index in [2.05, 4.69) is 17.2 Å². The molecule has 0 aromatic carbocycles. The Balaban J connectivity index is 1.79. The SMILES string of the molecule is CCCCCN(CCC1CCCCC1)C(=O)NCc1ccncc1. The first-order chi connectivity index (χ1) is 11.8. The fourth-order valence-electron chi connectivity index (χ4n) is 3.47. The summed E-state index contributed by atoms with van der Waals surface area (Å²) in [7, 11) is 0. The second-order valence-corrected chi connectivity index (χ2v) is 7.00. The van der Waals surface area contributed by atoms with Gasteiger partial charge in [0.2, 0.25) is 0 Å². The molecule has 1 aromatic rings. The van der Waals surface area contributed by atoms with Gasteiger partial charge in [-0.3, -0.25) is 4.98 Å². The lowest BCUT2D eigenvalue weighted by Gasteiger charge is -2.27. The maximum atomic E-state index is 12.6. The van der Waals surface area contributed by atoms with E-state index in [1.807, 2.05) is 17.0 Å². The molecule has 0 radical (unpaired) electrons. The van der Waals surface area contributed by atoms with E-state index in [0.717, 1.165) is 37.4 Å². The zero-order chi connectivity index (χ0) is 17.0. The van der Waals surface area contributed by atoms with Crippen LogP contribution in [0, 0.1) is 5.92 Å². The van der Waals surface area contributed by atoms with E-state index in [-0.39, 0.29) is 6.03 Å². The Hall–Kier alpha value is -1.58. The minimum Gasteiger partial charge on any atom is -0.334 e. The van der Waals surface area contributed by atoms with E-state index in [4.69, 9.17) is 0 Å². The first kappa shape index (κ1) is 18.8. The molecule has 1 saturated carbocycles. The summed E-state index contributed by atoms with van der Waals surface area (Å²) in [5.41, 5.74) is 1.10. The molecule has 2 amide bonds. The maximum absolute atomic E-state index is 12.6. The average Bonchev–Trinajstić information content (AvgIpc) is 2.64. The third kappa shape index (κ3) is 6.90. The highest BCUT2D eigenvalue weighted by Crippen LogP contribution is 2.26. The zero-order valence-corrected chi connectivity index (χ0v) is 15.2. The monoisotopic (exact) mass is 331 g/mol. The van der Waals surface area contributed by atoms with Crippen molar-refractivity contribution in [3.8, 4) is 0 Å². The molecule has 1 N–H and O–H groups in total. The van der Waals surface area contributed by atoms with Gasteiger partial charge < -0.3 is 10.2 Å². The number of nitrogens with one attached hydrogen (secondary N) is 1. The number of pyridine rings is 1. The summed E-state index contributed by atoms with van der Waals surface area (Å²) in [6.45, 7) is 4.56. The second-order valence-electron chi connectivity index (χ2n) is 7.00. The van der Waals surface area contributed by atoms with Gasteiger partial charge in [-0.2, -0.15) is 0 Å². The molecule has 1 aromatic heterocycles. The van der Waals surface area contributed by atoms with Gasteiger partial charge in [-0.15, -0.1) is 0 Å². The van der Waals surface area contributed by atoms with Crippen LogP contribution in [0.4, 0.5) is 4.79 Å². The molecule has 0 bridgehead atoms. The van der Waals surface area contributed by atoms with Gasteiger partial charge in [-0.1, -0.05) is 51.9 Å². The minimum atomic E-state index is 0.0822. The van der Waals surface area contributed by atoms with Crippen LogP contribution in [0.15, 0.2) is 24.5 Å². The predicted molar refractivity (Wildman–Crippen MR) is 98.8 cm³/mol. The van der Waals surface area contributed by atoms with Gasteiger partial charge in [0.05, 0.1) is 0 Å². The predicted octanol–water partition coefficient (Wildman–Crippen LogP) is 4.75. The molecule has 0 aliphatic heterocycles. The number of hydrogen-bond donors (Lipinski definition) is 1. The zero-order valence-electron chi connectivity index (χ0n) is 15.2. The van der Waals surface area contributed by atoms with Gasteiger partial charge in [0, 0.05) is 32.0 Å². The first-order valence-electron chi connectivity index (χ1n) is 9.71. The van der Waals surface area contributed by atoms with Crippen LogP contribution in [-0.4, -0.2) is 29.0 Å². The number of amides is 2. The number of rotatable bonds is 9. The number of aromatic nitrogens is 1. The van der Waals surface area contributed by atoms with Crippen LogP contribution in [0.25, 0.3) is 0 Å². The highest BCUT2D eigenvalue weighted by atomic mass is 16.2. The van der Waals surface area contributed by atoms with Gasteiger partial charge >= 0.3 is 6.03 Å². The molecule has 4 nitrogen and oxygen atoms in total. The van der Waals surface area contributed by atoms with Crippen LogP contribution >= 0.6 is 0 Å². The van der Waals surface area contributed by atoms with Crippen molar-refractivity contribution < 1.29 is 4.79 Å². The lowest BCUT2D eigenvalue weighted by Crippen LogP contribution is -2.41. The molecular weight excluding hydrogens is 298 g/mol. The number of nitrogens with zero attached hydrogens (tertiary/aromatic N) is 2. The lowest BCUT2D eigenvalue weighted by atomic mass is 9.87. The summed E-state index contributed by atoms with van der Waals surface area (Å²) in [6, 6.07) is 3.98. The lowest BCUT2D eigenvalue weighted by molar-refractivity contribution is 0.188. The van der Waals surface area contributed by atoms with Crippen molar-refractivity contribution in [2.24, 2.45) is 5.92 Å². The van der Waals surface area contributed by atoms with Crippen molar-refractivity contribution in [1.82, 2.24) is 15.2 Å².